The van der Waals surface area contributed by atoms with Gasteiger partial charge in [0.05, 0.1) is 6.61 Å². The summed E-state index contributed by atoms with van der Waals surface area (Å²) < 4.78 is 5.92. The van der Waals surface area contributed by atoms with E-state index in [1.54, 1.807) is 0 Å². The Kier molecular flexibility index (Phi) is 4.83. The number of carbonyl (C=O) groups is 1. The number of carboxylic acid groups (broad SMARTS) is 1. The topological polar surface area (TPSA) is 58.6 Å². The van der Waals surface area contributed by atoms with E-state index in [0.29, 0.717) is 0 Å². The van der Waals surface area contributed by atoms with Gasteiger partial charge in [-0.15, -0.1) is 0 Å². The molecule has 1 rings (SSSR count). The molecule has 5 heteroatoms. The molecule has 1 aromatic rings. The van der Waals surface area contributed by atoms with E-state index in [0.717, 1.165) is 9.26 Å². The van der Waals surface area contributed by atoms with Crippen LogP contribution in [0.15, 0.2) is 24.3 Å². The second-order valence-electron chi connectivity index (χ2n) is 3.00. The molecule has 4 nitrogen and oxygen atoms in total. The predicted octanol–water partition coefficient (Wildman–Crippen LogP) is 1.80. The monoisotopic (exact) mass is 321 g/mol. The van der Waals surface area contributed by atoms with Crippen LogP contribution in [0.3, 0.4) is 0 Å². The van der Waals surface area contributed by atoms with E-state index in [4.69, 9.17) is 9.84 Å². The zero-order chi connectivity index (χ0) is 11.3. The largest absolute Gasteiger partial charge is 0.480 e. The Hall–Kier alpha value is -0.820. The number of rotatable bonds is 5. The van der Waals surface area contributed by atoms with Gasteiger partial charge in [-0.3, -0.25) is 0 Å². The maximum absolute atomic E-state index is 10.8. The minimum atomic E-state index is -0.921. The van der Waals surface area contributed by atoms with Crippen LogP contribution in [0, 0.1) is 3.57 Å². The molecule has 0 aromatic heterocycles. The van der Waals surface area contributed by atoms with Gasteiger partial charge in [-0.25, -0.2) is 4.79 Å². The number of hydrogen-bond donors (Lipinski definition) is 2. The van der Waals surface area contributed by atoms with Crippen LogP contribution in [0.2, 0.25) is 0 Å². The lowest BCUT2D eigenvalue weighted by atomic mass is 10.2. The third-order valence-electron chi connectivity index (χ3n) is 1.82. The Bertz CT molecular complexity index is 326. The van der Waals surface area contributed by atoms with E-state index in [9.17, 15) is 4.79 Å². The van der Waals surface area contributed by atoms with Crippen molar-refractivity contribution in [3.63, 3.8) is 0 Å². The average molecular weight is 321 g/mol. The van der Waals surface area contributed by atoms with Crippen LogP contribution in [-0.4, -0.2) is 30.8 Å². The summed E-state index contributed by atoms with van der Waals surface area (Å²) >= 11 is 2.19. The van der Waals surface area contributed by atoms with Gasteiger partial charge in [-0.2, -0.15) is 0 Å². The summed E-state index contributed by atoms with van der Waals surface area (Å²) in [5.74, 6) is -0.921. The SMILES string of the molecule is COCC(Nc1ccc(I)cc1)C(=O)O. The van der Waals surface area contributed by atoms with Crippen LogP contribution in [0.1, 0.15) is 0 Å². The summed E-state index contributed by atoms with van der Waals surface area (Å²) in [6.07, 6.45) is 0. The van der Waals surface area contributed by atoms with Crippen LogP contribution in [-0.2, 0) is 9.53 Å². The lowest BCUT2D eigenvalue weighted by Crippen LogP contribution is -2.33. The Balaban J connectivity index is 2.65. The molecule has 0 radical (unpaired) electrons. The second-order valence-corrected chi connectivity index (χ2v) is 4.24. The number of hydrogen-bond acceptors (Lipinski definition) is 3. The van der Waals surface area contributed by atoms with Crippen molar-refractivity contribution in [2.24, 2.45) is 0 Å². The van der Waals surface area contributed by atoms with Gasteiger partial charge in [0.1, 0.15) is 6.04 Å². The van der Waals surface area contributed by atoms with E-state index in [1.165, 1.54) is 7.11 Å². The molecule has 0 bridgehead atoms. The maximum atomic E-state index is 10.8. The molecule has 0 aliphatic carbocycles. The average Bonchev–Trinajstić information content (AvgIpc) is 2.20. The van der Waals surface area contributed by atoms with Crippen molar-refractivity contribution in [1.29, 1.82) is 0 Å². The molecule has 82 valence electrons. The van der Waals surface area contributed by atoms with Gasteiger partial charge in [-0.1, -0.05) is 0 Å². The number of carboxylic acids is 1. The van der Waals surface area contributed by atoms with Gasteiger partial charge in [0.25, 0.3) is 0 Å². The van der Waals surface area contributed by atoms with E-state index in [1.807, 2.05) is 24.3 Å². The summed E-state index contributed by atoms with van der Waals surface area (Å²) in [7, 11) is 1.48. The summed E-state index contributed by atoms with van der Waals surface area (Å²) in [6, 6.07) is 6.79. The van der Waals surface area contributed by atoms with Gasteiger partial charge in [0.2, 0.25) is 0 Å². The first-order chi connectivity index (χ1) is 7.13. The quantitative estimate of drug-likeness (QED) is 0.812. The number of anilines is 1. The highest BCUT2D eigenvalue weighted by atomic mass is 127. The van der Waals surface area contributed by atoms with Crippen molar-refractivity contribution >= 4 is 34.2 Å². The first kappa shape index (κ1) is 12.3. The number of benzene rings is 1. The molecule has 0 aliphatic rings. The fraction of sp³-hybridized carbons (Fsp3) is 0.300. The fourth-order valence-corrected chi connectivity index (χ4v) is 1.45. The highest BCUT2D eigenvalue weighted by Gasteiger charge is 2.16. The minimum Gasteiger partial charge on any atom is -0.480 e. The van der Waals surface area contributed by atoms with Crippen molar-refractivity contribution in [2.75, 3.05) is 19.0 Å². The predicted molar refractivity (Wildman–Crippen MR) is 66.1 cm³/mol. The highest BCUT2D eigenvalue weighted by molar-refractivity contribution is 14.1. The van der Waals surface area contributed by atoms with Crippen LogP contribution >= 0.6 is 22.6 Å². The fourth-order valence-electron chi connectivity index (χ4n) is 1.09. The number of methoxy groups -OCH3 is 1. The third kappa shape index (κ3) is 4.05. The van der Waals surface area contributed by atoms with Gasteiger partial charge in [0, 0.05) is 16.4 Å². The number of halogens is 1. The van der Waals surface area contributed by atoms with Crippen LogP contribution < -0.4 is 5.32 Å². The summed E-state index contributed by atoms with van der Waals surface area (Å²) in [5, 5.41) is 11.8. The molecule has 0 saturated heterocycles. The zero-order valence-electron chi connectivity index (χ0n) is 8.24. The van der Waals surface area contributed by atoms with Crippen molar-refractivity contribution in [1.82, 2.24) is 0 Å². The van der Waals surface area contributed by atoms with Crippen molar-refractivity contribution in [3.05, 3.63) is 27.8 Å². The van der Waals surface area contributed by atoms with Crippen LogP contribution in [0.4, 0.5) is 5.69 Å². The second kappa shape index (κ2) is 5.92. The molecule has 0 fully saturated rings. The molecule has 1 unspecified atom stereocenters. The van der Waals surface area contributed by atoms with Crippen molar-refractivity contribution < 1.29 is 14.6 Å². The zero-order valence-corrected chi connectivity index (χ0v) is 10.4. The minimum absolute atomic E-state index is 0.140. The highest BCUT2D eigenvalue weighted by Crippen LogP contribution is 2.12. The molecule has 1 atom stereocenters. The Labute approximate surface area is 102 Å². The molecular weight excluding hydrogens is 309 g/mol. The Morgan fingerprint density at radius 1 is 1.53 bits per heavy atom. The number of ether oxygens (including phenoxy) is 1. The lowest BCUT2D eigenvalue weighted by molar-refractivity contribution is -0.139. The van der Waals surface area contributed by atoms with Gasteiger partial charge in [0.15, 0.2) is 0 Å². The van der Waals surface area contributed by atoms with E-state index in [-0.39, 0.29) is 6.61 Å². The molecule has 0 spiro atoms. The van der Waals surface area contributed by atoms with Gasteiger partial charge >= 0.3 is 5.97 Å². The Morgan fingerprint density at radius 2 is 2.13 bits per heavy atom. The molecule has 15 heavy (non-hydrogen) atoms. The number of nitrogens with one attached hydrogen (secondary N) is 1. The number of aliphatic carboxylic acids is 1. The standard InChI is InChI=1S/C10H12INO3/c1-15-6-9(10(13)14)12-8-4-2-7(11)3-5-8/h2-5,9,12H,6H2,1H3,(H,13,14). The summed E-state index contributed by atoms with van der Waals surface area (Å²) in [5.41, 5.74) is 0.778. The third-order valence-corrected chi connectivity index (χ3v) is 2.54. The molecule has 0 heterocycles. The van der Waals surface area contributed by atoms with Gasteiger partial charge in [-0.05, 0) is 46.9 Å². The summed E-state index contributed by atoms with van der Waals surface area (Å²) in [4.78, 5) is 10.8. The molecule has 0 amide bonds. The van der Waals surface area contributed by atoms with Crippen LogP contribution in [0.5, 0.6) is 0 Å². The van der Waals surface area contributed by atoms with E-state index in [2.05, 4.69) is 27.9 Å². The first-order valence-electron chi connectivity index (χ1n) is 4.37. The molecular formula is C10H12INO3. The van der Waals surface area contributed by atoms with Crippen molar-refractivity contribution in [2.45, 2.75) is 6.04 Å². The first-order valence-corrected chi connectivity index (χ1v) is 5.45. The molecule has 0 aliphatic heterocycles. The lowest BCUT2D eigenvalue weighted by Gasteiger charge is -2.14. The molecule has 1 aromatic carbocycles. The van der Waals surface area contributed by atoms with Crippen molar-refractivity contribution in [3.8, 4) is 0 Å². The van der Waals surface area contributed by atoms with E-state index >= 15 is 0 Å². The molecule has 2 N–H and O–H groups in total. The molecule has 0 saturated carbocycles. The Morgan fingerprint density at radius 3 is 2.60 bits per heavy atom. The normalized spacial score (nSPS) is 12.1. The summed E-state index contributed by atoms with van der Waals surface area (Å²) in [6.45, 7) is 0.140. The maximum Gasteiger partial charge on any atom is 0.328 e. The van der Waals surface area contributed by atoms with Gasteiger partial charge < -0.3 is 15.2 Å². The van der Waals surface area contributed by atoms with Crippen LogP contribution in [0.25, 0.3) is 0 Å². The smallest absolute Gasteiger partial charge is 0.328 e. The van der Waals surface area contributed by atoms with E-state index < -0.39 is 12.0 Å².